The van der Waals surface area contributed by atoms with Crippen molar-refractivity contribution in [2.75, 3.05) is 18.5 Å². The molecule has 0 saturated carbocycles. The number of hydrogen-bond acceptors (Lipinski definition) is 4. The van der Waals surface area contributed by atoms with Gasteiger partial charge in [0.25, 0.3) is 0 Å². The third-order valence-corrected chi connectivity index (χ3v) is 4.76. The molecule has 1 N–H and O–H groups in total. The van der Waals surface area contributed by atoms with Crippen LogP contribution in [0.3, 0.4) is 0 Å². The lowest BCUT2D eigenvalue weighted by atomic mass is 9.85. The molecular weight excluding hydrogens is 342 g/mol. The predicted octanol–water partition coefficient (Wildman–Crippen LogP) is 4.43. The SMILES string of the molecule is CC(=O)c1cccc(NC(=O)CC(c2ccc3c(c2)OCCO3)C(C)C)c1. The van der Waals surface area contributed by atoms with Gasteiger partial charge in [0.15, 0.2) is 17.3 Å². The Morgan fingerprint density at radius 1 is 1.04 bits per heavy atom. The molecule has 1 heterocycles. The van der Waals surface area contributed by atoms with E-state index in [0.29, 0.717) is 30.9 Å². The summed E-state index contributed by atoms with van der Waals surface area (Å²) in [5.41, 5.74) is 2.28. The van der Waals surface area contributed by atoms with Crippen LogP contribution in [0.15, 0.2) is 42.5 Å². The van der Waals surface area contributed by atoms with Crippen molar-refractivity contribution in [3.05, 3.63) is 53.6 Å². The van der Waals surface area contributed by atoms with Gasteiger partial charge in [-0.05, 0) is 48.6 Å². The molecule has 1 atom stereocenters. The van der Waals surface area contributed by atoms with Gasteiger partial charge in [0, 0.05) is 17.7 Å². The molecule has 1 aliphatic heterocycles. The van der Waals surface area contributed by atoms with E-state index in [1.54, 1.807) is 24.3 Å². The number of carbonyl (C=O) groups is 2. The minimum absolute atomic E-state index is 0.0255. The van der Waals surface area contributed by atoms with Crippen molar-refractivity contribution in [1.82, 2.24) is 0 Å². The average molecular weight is 367 g/mol. The zero-order chi connectivity index (χ0) is 19.4. The Hall–Kier alpha value is -2.82. The fourth-order valence-corrected chi connectivity index (χ4v) is 3.26. The average Bonchev–Trinajstić information content (AvgIpc) is 2.65. The normalized spacial score (nSPS) is 13.9. The maximum atomic E-state index is 12.6. The van der Waals surface area contributed by atoms with Crippen molar-refractivity contribution in [1.29, 1.82) is 0 Å². The van der Waals surface area contributed by atoms with Gasteiger partial charge in [0.2, 0.25) is 5.91 Å². The largest absolute Gasteiger partial charge is 0.486 e. The fraction of sp³-hybridized carbons (Fsp3) is 0.364. The molecule has 0 saturated heterocycles. The Kier molecular flexibility index (Phi) is 5.79. The van der Waals surface area contributed by atoms with Gasteiger partial charge >= 0.3 is 0 Å². The summed E-state index contributed by atoms with van der Waals surface area (Å²) >= 11 is 0. The highest BCUT2D eigenvalue weighted by Crippen LogP contribution is 2.36. The van der Waals surface area contributed by atoms with Crippen LogP contribution in [0.4, 0.5) is 5.69 Å². The molecule has 0 fully saturated rings. The Labute approximate surface area is 159 Å². The van der Waals surface area contributed by atoms with Gasteiger partial charge in [0.1, 0.15) is 13.2 Å². The van der Waals surface area contributed by atoms with Crippen LogP contribution in [-0.4, -0.2) is 24.9 Å². The number of carbonyl (C=O) groups excluding carboxylic acids is 2. The molecule has 0 radical (unpaired) electrons. The highest BCUT2D eigenvalue weighted by Gasteiger charge is 2.22. The van der Waals surface area contributed by atoms with Crippen LogP contribution in [0.5, 0.6) is 11.5 Å². The summed E-state index contributed by atoms with van der Waals surface area (Å²) in [6, 6.07) is 12.9. The van der Waals surface area contributed by atoms with E-state index in [1.807, 2.05) is 18.2 Å². The molecule has 0 aromatic heterocycles. The highest BCUT2D eigenvalue weighted by molar-refractivity contribution is 5.97. The Morgan fingerprint density at radius 2 is 1.78 bits per heavy atom. The summed E-state index contributed by atoms with van der Waals surface area (Å²) in [5.74, 6) is 1.71. The van der Waals surface area contributed by atoms with Crippen molar-refractivity contribution in [2.24, 2.45) is 5.92 Å². The number of ether oxygens (including phenoxy) is 2. The number of nitrogens with one attached hydrogen (secondary N) is 1. The number of hydrogen-bond donors (Lipinski definition) is 1. The number of amides is 1. The van der Waals surface area contributed by atoms with Crippen LogP contribution in [-0.2, 0) is 4.79 Å². The van der Waals surface area contributed by atoms with Crippen LogP contribution in [0.1, 0.15) is 49.0 Å². The van der Waals surface area contributed by atoms with E-state index in [0.717, 1.165) is 17.1 Å². The summed E-state index contributed by atoms with van der Waals surface area (Å²) in [6.45, 7) is 6.81. The van der Waals surface area contributed by atoms with E-state index in [1.165, 1.54) is 6.92 Å². The van der Waals surface area contributed by atoms with Crippen LogP contribution in [0, 0.1) is 5.92 Å². The molecule has 0 bridgehead atoms. The lowest BCUT2D eigenvalue weighted by Crippen LogP contribution is -2.20. The molecule has 3 rings (SSSR count). The summed E-state index contributed by atoms with van der Waals surface area (Å²) < 4.78 is 11.3. The number of rotatable bonds is 6. The first-order chi connectivity index (χ1) is 12.9. The molecule has 1 unspecified atom stereocenters. The van der Waals surface area contributed by atoms with Crippen molar-refractivity contribution in [3.8, 4) is 11.5 Å². The molecular formula is C22H25NO4. The smallest absolute Gasteiger partial charge is 0.224 e. The van der Waals surface area contributed by atoms with Gasteiger partial charge in [-0.1, -0.05) is 32.0 Å². The lowest BCUT2D eigenvalue weighted by Gasteiger charge is -2.24. The van der Waals surface area contributed by atoms with Crippen LogP contribution in [0.25, 0.3) is 0 Å². The molecule has 27 heavy (non-hydrogen) atoms. The summed E-state index contributed by atoms with van der Waals surface area (Å²) in [6.07, 6.45) is 0.349. The third-order valence-electron chi connectivity index (χ3n) is 4.76. The lowest BCUT2D eigenvalue weighted by molar-refractivity contribution is -0.116. The first kappa shape index (κ1) is 19.0. The molecule has 2 aromatic rings. The second kappa shape index (κ2) is 8.25. The van der Waals surface area contributed by atoms with Crippen molar-refractivity contribution in [2.45, 2.75) is 33.1 Å². The van der Waals surface area contributed by atoms with E-state index >= 15 is 0 Å². The number of ketones is 1. The van der Waals surface area contributed by atoms with Gasteiger partial charge in [0.05, 0.1) is 0 Å². The highest BCUT2D eigenvalue weighted by atomic mass is 16.6. The third kappa shape index (κ3) is 4.67. The van der Waals surface area contributed by atoms with Crippen LogP contribution in [0.2, 0.25) is 0 Å². The number of Topliss-reactive ketones (excluding diaryl/α,β-unsaturated/α-hetero) is 1. The second-order valence-electron chi connectivity index (χ2n) is 7.14. The van der Waals surface area contributed by atoms with Crippen molar-refractivity contribution in [3.63, 3.8) is 0 Å². The quantitative estimate of drug-likeness (QED) is 0.767. The van der Waals surface area contributed by atoms with E-state index in [4.69, 9.17) is 9.47 Å². The molecule has 0 aliphatic carbocycles. The fourth-order valence-electron chi connectivity index (χ4n) is 3.26. The minimum atomic E-state index is -0.0794. The maximum Gasteiger partial charge on any atom is 0.224 e. The molecule has 142 valence electrons. The predicted molar refractivity (Wildman–Crippen MR) is 105 cm³/mol. The molecule has 1 aliphatic rings. The van der Waals surface area contributed by atoms with Gasteiger partial charge in [-0.2, -0.15) is 0 Å². The zero-order valence-electron chi connectivity index (χ0n) is 16.0. The van der Waals surface area contributed by atoms with Crippen molar-refractivity contribution < 1.29 is 19.1 Å². The van der Waals surface area contributed by atoms with Crippen LogP contribution >= 0.6 is 0 Å². The summed E-state index contributed by atoms with van der Waals surface area (Å²) in [5, 5.41) is 2.91. The van der Waals surface area contributed by atoms with Gasteiger partial charge in [-0.25, -0.2) is 0 Å². The Bertz CT molecular complexity index is 844. The number of anilines is 1. The van der Waals surface area contributed by atoms with Gasteiger partial charge < -0.3 is 14.8 Å². The van der Waals surface area contributed by atoms with Crippen molar-refractivity contribution >= 4 is 17.4 Å². The Morgan fingerprint density at radius 3 is 2.48 bits per heavy atom. The van der Waals surface area contributed by atoms with Crippen LogP contribution < -0.4 is 14.8 Å². The monoisotopic (exact) mass is 367 g/mol. The second-order valence-corrected chi connectivity index (χ2v) is 7.14. The zero-order valence-corrected chi connectivity index (χ0v) is 16.0. The molecule has 2 aromatic carbocycles. The molecule has 5 heteroatoms. The number of fused-ring (bicyclic) bond motifs is 1. The van der Waals surface area contributed by atoms with E-state index < -0.39 is 0 Å². The summed E-state index contributed by atoms with van der Waals surface area (Å²) in [7, 11) is 0. The van der Waals surface area contributed by atoms with Gasteiger partial charge in [-0.15, -0.1) is 0 Å². The number of benzene rings is 2. The summed E-state index contributed by atoms with van der Waals surface area (Å²) in [4.78, 5) is 24.1. The van der Waals surface area contributed by atoms with E-state index in [2.05, 4.69) is 19.2 Å². The first-order valence-electron chi connectivity index (χ1n) is 9.24. The Balaban J connectivity index is 1.73. The standard InChI is InChI=1S/C22H25NO4/c1-14(2)19(17-7-8-20-21(12-17)27-10-9-26-20)13-22(25)23-18-6-4-5-16(11-18)15(3)24/h4-8,11-12,14,19H,9-10,13H2,1-3H3,(H,23,25). The maximum absolute atomic E-state index is 12.6. The molecule has 0 spiro atoms. The molecule has 1 amide bonds. The topological polar surface area (TPSA) is 64.6 Å². The van der Waals surface area contributed by atoms with E-state index in [-0.39, 0.29) is 23.5 Å². The van der Waals surface area contributed by atoms with E-state index in [9.17, 15) is 9.59 Å². The first-order valence-corrected chi connectivity index (χ1v) is 9.24. The minimum Gasteiger partial charge on any atom is -0.486 e. The van der Waals surface area contributed by atoms with Gasteiger partial charge in [-0.3, -0.25) is 9.59 Å². The molecule has 5 nitrogen and oxygen atoms in total.